The van der Waals surface area contributed by atoms with E-state index in [1.54, 1.807) is 0 Å². The Morgan fingerprint density at radius 2 is 1.40 bits per heavy atom. The number of nitrogens with one attached hydrogen (secondary N) is 2. The van der Waals surface area contributed by atoms with Crippen LogP contribution in [-0.4, -0.2) is 68.0 Å². The van der Waals surface area contributed by atoms with E-state index in [-0.39, 0.29) is 30.4 Å². The Labute approximate surface area is 280 Å². The molecule has 0 aliphatic heterocycles. The molecule has 9 nitrogen and oxygen atoms in total. The molecule has 0 aliphatic rings. The largest absolute Gasteiger partial charge is 0.370 e. The van der Waals surface area contributed by atoms with Gasteiger partial charge < -0.3 is 32.7 Å². The zero-order valence-corrected chi connectivity index (χ0v) is 28.2. The van der Waals surface area contributed by atoms with Crippen molar-refractivity contribution in [1.29, 1.82) is 0 Å². The highest BCUT2D eigenvalue weighted by atomic mass is 16.2. The summed E-state index contributed by atoms with van der Waals surface area (Å²) in [7, 11) is 0. The summed E-state index contributed by atoms with van der Waals surface area (Å²) in [5.41, 5.74) is 19.9. The molecule has 0 saturated heterocycles. The minimum Gasteiger partial charge on any atom is -0.370 e. The maximum atomic E-state index is 13.3. The second-order valence-corrected chi connectivity index (χ2v) is 11.2. The smallest absolute Gasteiger partial charge is 0.239 e. The second kappa shape index (κ2) is 22.7. The van der Waals surface area contributed by atoms with Crippen molar-refractivity contribution in [1.82, 2.24) is 15.5 Å². The van der Waals surface area contributed by atoms with Crippen molar-refractivity contribution < 1.29 is 9.59 Å². The van der Waals surface area contributed by atoms with E-state index < -0.39 is 0 Å². The molecule has 2 amide bonds. The molecule has 9 heteroatoms. The number of likely N-dealkylation sites (N-methyl/N-ethyl adjacent to an activating group) is 1. The molecule has 0 aliphatic carbocycles. The van der Waals surface area contributed by atoms with Crippen LogP contribution in [-0.2, 0) is 16.0 Å². The zero-order chi connectivity index (χ0) is 34.3. The highest BCUT2D eigenvalue weighted by molar-refractivity contribution is 5.83. The van der Waals surface area contributed by atoms with Gasteiger partial charge in [0.1, 0.15) is 0 Å². The number of aryl methyl sites for hydroxylation is 2. The van der Waals surface area contributed by atoms with Crippen molar-refractivity contribution in [3.8, 4) is 0 Å². The fraction of sp³-hybridized carbons (Fsp3) is 0.342. The first-order valence-corrected chi connectivity index (χ1v) is 16.3. The summed E-state index contributed by atoms with van der Waals surface area (Å²) >= 11 is 0. The van der Waals surface area contributed by atoms with Crippen LogP contribution in [0, 0.1) is 13.8 Å². The molecule has 252 valence electrons. The summed E-state index contributed by atoms with van der Waals surface area (Å²) in [6.07, 6.45) is 2.03. The number of carbonyl (C=O) groups excluding carboxylic acids is 2. The molecule has 1 unspecified atom stereocenters. The van der Waals surface area contributed by atoms with Crippen molar-refractivity contribution in [2.24, 2.45) is 22.2 Å². The van der Waals surface area contributed by atoms with Gasteiger partial charge in [0, 0.05) is 32.7 Å². The number of nitrogens with two attached hydrogens (primary N) is 3. The lowest BCUT2D eigenvalue weighted by molar-refractivity contribution is -0.133. The number of guanidine groups is 1. The molecule has 0 heterocycles. The quantitative estimate of drug-likeness (QED) is 0.0788. The Morgan fingerprint density at radius 3 is 1.94 bits per heavy atom. The standard InChI is InChI=1S/C24H37N7O2.2C7H8/c1-2-31(15-11-18-9-10-19-6-3-4-7-20(19)16-18)23(33)21(8-5-12-30-24(26)27)28-13-14-29-22(32)17-25;2*1-7-5-3-2-4-6-7/h3-4,6-7,9-10,16,21,28H,2,5,8,11-15,17,25H2,1H3,(H,29,32)(H4,26,27,30);2*2-6H,1H3. The van der Waals surface area contributed by atoms with Crippen LogP contribution in [0.1, 0.15) is 36.5 Å². The highest BCUT2D eigenvalue weighted by Gasteiger charge is 2.22. The van der Waals surface area contributed by atoms with E-state index in [0.717, 1.165) is 6.42 Å². The number of aliphatic imine (C=N–C) groups is 1. The number of hydrogen-bond donors (Lipinski definition) is 5. The van der Waals surface area contributed by atoms with E-state index in [1.165, 1.54) is 27.5 Å². The monoisotopic (exact) mass is 639 g/mol. The molecule has 0 bridgehead atoms. The summed E-state index contributed by atoms with van der Waals surface area (Å²) in [6.45, 7) is 8.66. The van der Waals surface area contributed by atoms with Gasteiger partial charge in [-0.05, 0) is 56.4 Å². The van der Waals surface area contributed by atoms with Gasteiger partial charge in [0.25, 0.3) is 0 Å². The Kier molecular flexibility index (Phi) is 18.6. The van der Waals surface area contributed by atoms with Crippen molar-refractivity contribution in [2.45, 2.75) is 46.1 Å². The molecule has 8 N–H and O–H groups in total. The average molecular weight is 640 g/mol. The van der Waals surface area contributed by atoms with Crippen LogP contribution in [0.3, 0.4) is 0 Å². The first kappa shape index (κ1) is 38.5. The molecule has 0 aromatic heterocycles. The summed E-state index contributed by atoms with van der Waals surface area (Å²) < 4.78 is 0. The van der Waals surface area contributed by atoms with Crippen LogP contribution < -0.4 is 27.8 Å². The normalized spacial score (nSPS) is 10.8. The van der Waals surface area contributed by atoms with Gasteiger partial charge in [-0.1, -0.05) is 114 Å². The molecular formula is C38H53N7O2. The van der Waals surface area contributed by atoms with E-state index in [0.29, 0.717) is 45.6 Å². The molecule has 4 aromatic rings. The number of fused-ring (bicyclic) bond motifs is 1. The Hall–Kier alpha value is -4.73. The SMILES string of the molecule is CCN(CCc1ccc2ccccc2c1)C(=O)C(CCCN=C(N)N)NCCNC(=O)CN.Cc1ccccc1.Cc1ccccc1. The number of rotatable bonds is 14. The highest BCUT2D eigenvalue weighted by Crippen LogP contribution is 2.16. The van der Waals surface area contributed by atoms with Gasteiger partial charge in [-0.3, -0.25) is 14.6 Å². The van der Waals surface area contributed by atoms with Crippen molar-refractivity contribution in [3.63, 3.8) is 0 Å². The molecule has 4 rings (SSSR count). The van der Waals surface area contributed by atoms with Gasteiger partial charge in [-0.25, -0.2) is 0 Å². The van der Waals surface area contributed by atoms with Crippen LogP contribution in [0.25, 0.3) is 10.8 Å². The van der Waals surface area contributed by atoms with Crippen molar-refractivity contribution in [2.75, 3.05) is 39.3 Å². The summed E-state index contributed by atoms with van der Waals surface area (Å²) in [5.74, 6) is -0.146. The van der Waals surface area contributed by atoms with Crippen molar-refractivity contribution in [3.05, 3.63) is 120 Å². The van der Waals surface area contributed by atoms with Gasteiger partial charge in [0.05, 0.1) is 12.6 Å². The molecule has 0 saturated carbocycles. The van der Waals surface area contributed by atoms with Crippen LogP contribution in [0.5, 0.6) is 0 Å². The minimum absolute atomic E-state index is 0.0353. The van der Waals surface area contributed by atoms with E-state index in [4.69, 9.17) is 17.2 Å². The maximum absolute atomic E-state index is 13.3. The van der Waals surface area contributed by atoms with Crippen LogP contribution in [0.2, 0.25) is 0 Å². The Balaban J connectivity index is 0.000000445. The molecule has 0 fully saturated rings. The number of hydrogen-bond acceptors (Lipinski definition) is 5. The number of benzene rings is 4. The van der Waals surface area contributed by atoms with E-state index in [2.05, 4.69) is 84.1 Å². The third kappa shape index (κ3) is 16.4. The lowest BCUT2D eigenvalue weighted by Gasteiger charge is -2.27. The number of amides is 2. The van der Waals surface area contributed by atoms with Crippen LogP contribution in [0.15, 0.2) is 108 Å². The number of carbonyl (C=O) groups is 2. The molecule has 47 heavy (non-hydrogen) atoms. The molecular weight excluding hydrogens is 586 g/mol. The summed E-state index contributed by atoms with van der Waals surface area (Å²) in [6, 6.07) is 34.8. The molecule has 4 aromatic carbocycles. The van der Waals surface area contributed by atoms with Gasteiger partial charge in [-0.2, -0.15) is 0 Å². The zero-order valence-electron chi connectivity index (χ0n) is 28.2. The predicted octanol–water partition coefficient (Wildman–Crippen LogP) is 4.31. The average Bonchev–Trinajstić information content (AvgIpc) is 3.08. The topological polar surface area (TPSA) is 152 Å². The molecule has 0 radical (unpaired) electrons. The fourth-order valence-corrected chi connectivity index (χ4v) is 4.71. The Morgan fingerprint density at radius 1 is 0.809 bits per heavy atom. The molecule has 0 spiro atoms. The summed E-state index contributed by atoms with van der Waals surface area (Å²) in [5, 5.41) is 8.38. The van der Waals surface area contributed by atoms with Gasteiger partial charge in [0.2, 0.25) is 11.8 Å². The minimum atomic E-state index is -0.384. The lowest BCUT2D eigenvalue weighted by atomic mass is 10.0. The first-order chi connectivity index (χ1) is 22.7. The van der Waals surface area contributed by atoms with Crippen molar-refractivity contribution >= 4 is 28.5 Å². The van der Waals surface area contributed by atoms with Crippen LogP contribution in [0.4, 0.5) is 0 Å². The predicted molar refractivity (Wildman–Crippen MR) is 196 cm³/mol. The van der Waals surface area contributed by atoms with Crippen LogP contribution >= 0.6 is 0 Å². The third-order valence-electron chi connectivity index (χ3n) is 7.33. The van der Waals surface area contributed by atoms with E-state index in [9.17, 15) is 9.59 Å². The second-order valence-electron chi connectivity index (χ2n) is 11.2. The maximum Gasteiger partial charge on any atom is 0.239 e. The lowest BCUT2D eigenvalue weighted by Crippen LogP contribution is -2.49. The third-order valence-corrected chi connectivity index (χ3v) is 7.33. The van der Waals surface area contributed by atoms with Gasteiger partial charge in [0.15, 0.2) is 5.96 Å². The van der Waals surface area contributed by atoms with Gasteiger partial charge in [-0.15, -0.1) is 0 Å². The molecule has 1 atom stereocenters. The fourth-order valence-electron chi connectivity index (χ4n) is 4.71. The Bertz CT molecular complexity index is 1440. The van der Waals surface area contributed by atoms with Gasteiger partial charge >= 0.3 is 0 Å². The van der Waals surface area contributed by atoms with E-state index in [1.807, 2.05) is 60.4 Å². The number of nitrogens with zero attached hydrogens (tertiary/aromatic N) is 2. The van der Waals surface area contributed by atoms with E-state index >= 15 is 0 Å². The summed E-state index contributed by atoms with van der Waals surface area (Å²) in [4.78, 5) is 30.5. The first-order valence-electron chi connectivity index (χ1n) is 16.3.